The van der Waals surface area contributed by atoms with Gasteiger partial charge in [0.1, 0.15) is 5.52 Å². The summed E-state index contributed by atoms with van der Waals surface area (Å²) in [5.41, 5.74) is 12.8. The molecule has 49 heavy (non-hydrogen) atoms. The summed E-state index contributed by atoms with van der Waals surface area (Å²) in [5, 5.41) is 0. The molecule has 4 heteroatoms. The number of fused-ring (bicyclic) bond motifs is 1. The van der Waals surface area contributed by atoms with Crippen molar-refractivity contribution in [1.29, 1.82) is 0 Å². The molecule has 4 fully saturated rings. The first kappa shape index (κ1) is 28.6. The predicted molar refractivity (Wildman–Crippen MR) is 197 cm³/mol. The van der Waals surface area contributed by atoms with Gasteiger partial charge >= 0.3 is 0 Å². The molecular weight excluding hydrogens is 599 g/mol. The summed E-state index contributed by atoms with van der Waals surface area (Å²) in [7, 11) is 0. The minimum Gasteiger partial charge on any atom is -0.443 e. The zero-order valence-corrected chi connectivity index (χ0v) is 27.4. The molecule has 0 unspecified atom stereocenters. The summed E-state index contributed by atoms with van der Waals surface area (Å²) in [6.45, 7) is 0. The van der Waals surface area contributed by atoms with Gasteiger partial charge in [-0.1, -0.05) is 109 Å². The van der Waals surface area contributed by atoms with Crippen molar-refractivity contribution in [2.24, 2.45) is 17.8 Å². The molecule has 0 amide bonds. The molecule has 0 aliphatic heterocycles. The number of nitrogens with zero attached hydrogens (tertiary/aromatic N) is 3. The highest BCUT2D eigenvalue weighted by atomic mass is 16.3. The Morgan fingerprint density at radius 1 is 0.510 bits per heavy atom. The lowest BCUT2D eigenvalue weighted by atomic mass is 9.48. The van der Waals surface area contributed by atoms with Crippen molar-refractivity contribution in [3.63, 3.8) is 0 Å². The normalized spacial score (nSPS) is 22.5. The molecule has 4 aliphatic rings. The largest absolute Gasteiger partial charge is 0.443 e. The first-order valence-corrected chi connectivity index (χ1v) is 17.8. The second kappa shape index (κ2) is 11.4. The molecule has 11 rings (SSSR count). The van der Waals surface area contributed by atoms with Crippen LogP contribution in [-0.2, 0) is 5.41 Å². The third kappa shape index (κ3) is 5.01. The third-order valence-electron chi connectivity index (χ3n) is 11.7. The average molecular weight is 636 g/mol. The predicted octanol–water partition coefficient (Wildman–Crippen LogP) is 11.4. The topological polar surface area (TPSA) is 51.8 Å². The Morgan fingerprint density at radius 2 is 1.06 bits per heavy atom. The van der Waals surface area contributed by atoms with Crippen LogP contribution in [0.5, 0.6) is 0 Å². The van der Waals surface area contributed by atoms with E-state index in [1.54, 1.807) is 5.56 Å². The minimum absolute atomic E-state index is 0.434. The first-order valence-electron chi connectivity index (χ1n) is 17.8. The van der Waals surface area contributed by atoms with Gasteiger partial charge < -0.3 is 4.42 Å². The third-order valence-corrected chi connectivity index (χ3v) is 11.7. The van der Waals surface area contributed by atoms with E-state index in [1.807, 2.05) is 54.6 Å². The van der Waals surface area contributed by atoms with Crippen LogP contribution in [-0.4, -0.2) is 15.0 Å². The second-order valence-corrected chi connectivity index (χ2v) is 14.7. The lowest BCUT2D eigenvalue weighted by Crippen LogP contribution is -2.48. The SMILES string of the molecule is c1ccc(-c2cc(-c3ccc(-c4ccc(-c5ccc(C67CC8CC(CC(C8)C6)C7)cc5)cc4)c4ocnc34)nc(-c3ccccc3)n2)cc1. The van der Waals surface area contributed by atoms with Crippen LogP contribution >= 0.6 is 0 Å². The minimum atomic E-state index is 0.434. The lowest BCUT2D eigenvalue weighted by molar-refractivity contribution is -0.00518. The van der Waals surface area contributed by atoms with Crippen LogP contribution in [0.4, 0.5) is 0 Å². The van der Waals surface area contributed by atoms with Gasteiger partial charge in [-0.2, -0.15) is 0 Å². The van der Waals surface area contributed by atoms with Gasteiger partial charge in [0.2, 0.25) is 0 Å². The molecule has 2 heterocycles. The number of rotatable bonds is 6. The number of hydrogen-bond donors (Lipinski definition) is 0. The van der Waals surface area contributed by atoms with Crippen LogP contribution < -0.4 is 0 Å². The molecule has 4 bridgehead atoms. The summed E-state index contributed by atoms with van der Waals surface area (Å²) in [6.07, 6.45) is 10.2. The molecule has 238 valence electrons. The number of oxazole rings is 1. The van der Waals surface area contributed by atoms with E-state index in [0.717, 1.165) is 68.1 Å². The Kier molecular flexibility index (Phi) is 6.65. The molecule has 0 atom stereocenters. The molecule has 0 radical (unpaired) electrons. The molecule has 2 aromatic heterocycles. The fourth-order valence-electron chi connectivity index (χ4n) is 9.77. The van der Waals surface area contributed by atoms with Gasteiger partial charge in [0.05, 0.1) is 11.4 Å². The Hall–Kier alpha value is -5.35. The number of hydrogen-bond acceptors (Lipinski definition) is 4. The molecule has 4 saturated carbocycles. The van der Waals surface area contributed by atoms with Crippen LogP contribution in [0.25, 0.3) is 67.3 Å². The van der Waals surface area contributed by atoms with E-state index in [0.29, 0.717) is 11.2 Å². The second-order valence-electron chi connectivity index (χ2n) is 14.7. The number of benzene rings is 5. The summed E-state index contributed by atoms with van der Waals surface area (Å²) in [6, 6.07) is 45.1. The smallest absolute Gasteiger partial charge is 0.182 e. The van der Waals surface area contributed by atoms with Crippen LogP contribution in [0.3, 0.4) is 0 Å². The quantitative estimate of drug-likeness (QED) is 0.182. The highest BCUT2D eigenvalue weighted by Gasteiger charge is 2.51. The van der Waals surface area contributed by atoms with Crippen LogP contribution in [0.15, 0.2) is 138 Å². The Labute approximate surface area is 286 Å². The Balaban J connectivity index is 0.971. The zero-order valence-electron chi connectivity index (χ0n) is 27.4. The van der Waals surface area contributed by atoms with Crippen molar-refractivity contribution < 1.29 is 4.42 Å². The fourth-order valence-corrected chi connectivity index (χ4v) is 9.77. The van der Waals surface area contributed by atoms with Crippen molar-refractivity contribution in [1.82, 2.24) is 15.0 Å². The van der Waals surface area contributed by atoms with Crippen molar-refractivity contribution in [2.75, 3.05) is 0 Å². The zero-order chi connectivity index (χ0) is 32.4. The standard InChI is InChI=1S/C45H37N3O/c1-3-7-35(8-4-1)40-24-41(48-44(47-40)36-9-5-2-6-10-36)39-20-19-38(43-42(39)46-28-49-43)34-13-11-32(12-14-34)33-15-17-37(18-16-33)45-25-29-21-30(26-45)23-31(22-29)27-45/h1-20,24,28-31H,21-23,25-27H2. The van der Waals surface area contributed by atoms with Gasteiger partial charge in [0.25, 0.3) is 0 Å². The monoisotopic (exact) mass is 635 g/mol. The van der Waals surface area contributed by atoms with Gasteiger partial charge in [-0.15, -0.1) is 0 Å². The van der Waals surface area contributed by atoms with Gasteiger partial charge in [-0.25, -0.2) is 15.0 Å². The van der Waals surface area contributed by atoms with Crippen LogP contribution in [0.2, 0.25) is 0 Å². The summed E-state index contributed by atoms with van der Waals surface area (Å²) < 4.78 is 6.07. The van der Waals surface area contributed by atoms with Crippen LogP contribution in [0.1, 0.15) is 44.1 Å². The summed E-state index contributed by atoms with van der Waals surface area (Å²) in [4.78, 5) is 14.7. The summed E-state index contributed by atoms with van der Waals surface area (Å²) in [5.74, 6) is 3.56. The molecule has 4 aliphatic carbocycles. The fraction of sp³-hybridized carbons (Fsp3) is 0.222. The van der Waals surface area contributed by atoms with E-state index in [4.69, 9.17) is 19.4 Å². The van der Waals surface area contributed by atoms with Crippen molar-refractivity contribution in [2.45, 2.75) is 43.9 Å². The Morgan fingerprint density at radius 3 is 1.71 bits per heavy atom. The van der Waals surface area contributed by atoms with E-state index in [9.17, 15) is 0 Å². The van der Waals surface area contributed by atoms with Gasteiger partial charge in [-0.3, -0.25) is 0 Å². The molecule has 4 nitrogen and oxygen atoms in total. The van der Waals surface area contributed by atoms with Gasteiger partial charge in [0, 0.05) is 22.3 Å². The molecule has 0 saturated heterocycles. The lowest BCUT2D eigenvalue weighted by Gasteiger charge is -2.57. The maximum absolute atomic E-state index is 6.07. The van der Waals surface area contributed by atoms with E-state index < -0.39 is 0 Å². The molecular formula is C45H37N3O. The van der Waals surface area contributed by atoms with Crippen molar-refractivity contribution >= 4 is 11.1 Å². The number of aromatic nitrogens is 3. The highest BCUT2D eigenvalue weighted by molar-refractivity contribution is 5.99. The maximum atomic E-state index is 6.07. The van der Waals surface area contributed by atoms with E-state index >= 15 is 0 Å². The van der Waals surface area contributed by atoms with Crippen molar-refractivity contribution in [3.05, 3.63) is 139 Å². The average Bonchev–Trinajstić information content (AvgIpc) is 3.65. The Bertz CT molecular complexity index is 2200. The van der Waals surface area contributed by atoms with E-state index in [-0.39, 0.29) is 0 Å². The maximum Gasteiger partial charge on any atom is 0.182 e. The van der Waals surface area contributed by atoms with Gasteiger partial charge in [-0.05, 0) is 102 Å². The van der Waals surface area contributed by atoms with Gasteiger partial charge in [0.15, 0.2) is 17.8 Å². The van der Waals surface area contributed by atoms with Crippen LogP contribution in [0, 0.1) is 17.8 Å². The molecule has 0 spiro atoms. The molecule has 5 aromatic carbocycles. The van der Waals surface area contributed by atoms with E-state index in [2.05, 4.69) is 72.8 Å². The molecule has 7 aromatic rings. The van der Waals surface area contributed by atoms with Crippen molar-refractivity contribution in [3.8, 4) is 56.2 Å². The highest BCUT2D eigenvalue weighted by Crippen LogP contribution is 2.60. The van der Waals surface area contributed by atoms with E-state index in [1.165, 1.54) is 56.0 Å². The molecule has 0 N–H and O–H groups in total. The first-order chi connectivity index (χ1) is 24.2. The summed E-state index contributed by atoms with van der Waals surface area (Å²) >= 11 is 0.